The number of carbonyl (C=O) groups excluding carboxylic acids is 1. The lowest BCUT2D eigenvalue weighted by molar-refractivity contribution is -0.119. The first-order valence-corrected chi connectivity index (χ1v) is 10.5. The highest BCUT2D eigenvalue weighted by molar-refractivity contribution is 7.98. The van der Waals surface area contributed by atoms with E-state index in [9.17, 15) is 4.79 Å². The Morgan fingerprint density at radius 3 is 2.81 bits per heavy atom. The zero-order valence-electron chi connectivity index (χ0n) is 15.1. The van der Waals surface area contributed by atoms with Gasteiger partial charge in [0.05, 0.1) is 0 Å². The topological polar surface area (TPSA) is 49.3 Å². The molecule has 6 heteroatoms. The summed E-state index contributed by atoms with van der Waals surface area (Å²) in [6.45, 7) is 2.74. The van der Waals surface area contributed by atoms with E-state index in [1.165, 1.54) is 5.56 Å². The quantitative estimate of drug-likeness (QED) is 0.611. The lowest BCUT2D eigenvalue weighted by Gasteiger charge is -2.33. The van der Waals surface area contributed by atoms with Crippen molar-refractivity contribution in [3.63, 3.8) is 0 Å². The van der Waals surface area contributed by atoms with Crippen molar-refractivity contribution in [1.29, 1.82) is 0 Å². The van der Waals surface area contributed by atoms with Gasteiger partial charge in [-0.2, -0.15) is 0 Å². The summed E-state index contributed by atoms with van der Waals surface area (Å²) in [6, 6.07) is 10.3. The highest BCUT2D eigenvalue weighted by Gasteiger charge is 2.28. The van der Waals surface area contributed by atoms with Gasteiger partial charge in [0.15, 0.2) is 5.16 Å². The Labute approximate surface area is 158 Å². The number of benzene rings is 1. The molecule has 1 saturated heterocycles. The minimum Gasteiger partial charge on any atom is -0.356 e. The molecular formula is C20H24N4OS. The highest BCUT2D eigenvalue weighted by atomic mass is 32.2. The maximum Gasteiger partial charge on any atom is 0.227 e. The van der Waals surface area contributed by atoms with Gasteiger partial charge in [-0.1, -0.05) is 30.0 Å². The first-order chi connectivity index (χ1) is 12.7. The normalized spacial score (nSPS) is 17.4. The van der Waals surface area contributed by atoms with E-state index in [0.717, 1.165) is 55.6 Å². The van der Waals surface area contributed by atoms with Crippen LogP contribution in [-0.2, 0) is 11.2 Å². The fraction of sp³-hybridized carbons (Fsp3) is 0.450. The maximum atomic E-state index is 12.8. The van der Waals surface area contributed by atoms with Gasteiger partial charge in [0.2, 0.25) is 5.91 Å². The highest BCUT2D eigenvalue weighted by Crippen LogP contribution is 2.30. The van der Waals surface area contributed by atoms with Crippen molar-refractivity contribution in [1.82, 2.24) is 9.97 Å². The second-order valence-electron chi connectivity index (χ2n) is 6.96. The van der Waals surface area contributed by atoms with Crippen molar-refractivity contribution in [3.8, 4) is 0 Å². The van der Waals surface area contributed by atoms with Gasteiger partial charge in [0, 0.05) is 37.9 Å². The standard InChI is InChI=1S/C20H24N4OS/c1-26-20-21-10-6-18(22-20)23-11-7-15(8-12-23)14-19(25)24-13-9-16-4-2-3-5-17(16)24/h2-6,10,15H,7-9,11-14H2,1H3. The minimum absolute atomic E-state index is 0.278. The van der Waals surface area contributed by atoms with Crippen LogP contribution >= 0.6 is 11.8 Å². The van der Waals surface area contributed by atoms with E-state index in [0.29, 0.717) is 12.3 Å². The molecule has 0 atom stereocenters. The predicted octanol–water partition coefficient (Wildman–Crippen LogP) is 3.39. The second kappa shape index (κ2) is 7.66. The van der Waals surface area contributed by atoms with Crippen LogP contribution in [0.4, 0.5) is 11.5 Å². The first-order valence-electron chi connectivity index (χ1n) is 9.25. The van der Waals surface area contributed by atoms with Crippen LogP contribution in [0.25, 0.3) is 0 Å². The van der Waals surface area contributed by atoms with Crippen LogP contribution in [-0.4, -0.2) is 41.8 Å². The summed E-state index contributed by atoms with van der Waals surface area (Å²) in [7, 11) is 0. The SMILES string of the molecule is CSc1nccc(N2CCC(CC(=O)N3CCc4ccccc43)CC2)n1. The Balaban J connectivity index is 1.33. The molecule has 1 fully saturated rings. The van der Waals surface area contributed by atoms with E-state index < -0.39 is 0 Å². The average Bonchev–Trinajstić information content (AvgIpc) is 3.13. The molecule has 1 amide bonds. The molecule has 0 unspecified atom stereocenters. The van der Waals surface area contributed by atoms with Gasteiger partial charge in [0.25, 0.3) is 0 Å². The van der Waals surface area contributed by atoms with E-state index in [1.54, 1.807) is 11.8 Å². The van der Waals surface area contributed by atoms with E-state index >= 15 is 0 Å². The summed E-state index contributed by atoms with van der Waals surface area (Å²) in [5, 5.41) is 0.812. The molecule has 0 aliphatic carbocycles. The van der Waals surface area contributed by atoms with Gasteiger partial charge in [-0.3, -0.25) is 4.79 Å². The van der Waals surface area contributed by atoms with E-state index in [4.69, 9.17) is 0 Å². The van der Waals surface area contributed by atoms with Crippen molar-refractivity contribution in [2.24, 2.45) is 5.92 Å². The molecule has 1 aromatic carbocycles. The maximum absolute atomic E-state index is 12.8. The molecule has 0 saturated carbocycles. The molecule has 26 heavy (non-hydrogen) atoms. The van der Waals surface area contributed by atoms with Crippen molar-refractivity contribution in [3.05, 3.63) is 42.1 Å². The number of rotatable bonds is 4. The number of nitrogens with zero attached hydrogens (tertiary/aromatic N) is 4. The molecule has 2 aromatic rings. The van der Waals surface area contributed by atoms with Crippen LogP contribution in [0.15, 0.2) is 41.7 Å². The average molecular weight is 369 g/mol. The third-order valence-corrected chi connectivity index (χ3v) is 5.95. The Kier molecular flexibility index (Phi) is 5.11. The van der Waals surface area contributed by atoms with Gasteiger partial charge in [0.1, 0.15) is 5.82 Å². The Bertz CT molecular complexity index is 789. The molecule has 4 rings (SSSR count). The van der Waals surface area contributed by atoms with Crippen molar-refractivity contribution in [2.75, 3.05) is 35.7 Å². The third-order valence-electron chi connectivity index (χ3n) is 5.39. The molecular weight excluding hydrogens is 344 g/mol. The minimum atomic E-state index is 0.278. The largest absolute Gasteiger partial charge is 0.356 e. The van der Waals surface area contributed by atoms with E-state index in [1.807, 2.05) is 29.5 Å². The molecule has 2 aliphatic rings. The molecule has 0 radical (unpaired) electrons. The molecule has 1 aromatic heterocycles. The third kappa shape index (κ3) is 3.56. The van der Waals surface area contributed by atoms with Gasteiger partial charge in [-0.25, -0.2) is 9.97 Å². The molecule has 0 bridgehead atoms. The lowest BCUT2D eigenvalue weighted by Crippen LogP contribution is -2.37. The molecule has 3 heterocycles. The van der Waals surface area contributed by atoms with Crippen molar-refractivity contribution >= 4 is 29.2 Å². The second-order valence-corrected chi connectivity index (χ2v) is 7.73. The lowest BCUT2D eigenvalue weighted by atomic mass is 9.93. The summed E-state index contributed by atoms with van der Waals surface area (Å²) in [6.07, 6.45) is 7.54. The number of piperidine rings is 1. The van der Waals surface area contributed by atoms with Crippen molar-refractivity contribution in [2.45, 2.75) is 30.8 Å². The number of thioether (sulfide) groups is 1. The number of carbonyl (C=O) groups is 1. The van der Waals surface area contributed by atoms with Crippen LogP contribution in [0.2, 0.25) is 0 Å². The van der Waals surface area contributed by atoms with Gasteiger partial charge < -0.3 is 9.80 Å². The molecule has 2 aliphatic heterocycles. The van der Waals surface area contributed by atoms with Gasteiger partial charge in [-0.05, 0) is 49.1 Å². The number of hydrogen-bond acceptors (Lipinski definition) is 5. The molecule has 136 valence electrons. The zero-order valence-corrected chi connectivity index (χ0v) is 15.9. The Morgan fingerprint density at radius 2 is 2.00 bits per heavy atom. The van der Waals surface area contributed by atoms with Crippen molar-refractivity contribution < 1.29 is 4.79 Å². The molecule has 0 spiro atoms. The zero-order chi connectivity index (χ0) is 17.9. The number of hydrogen-bond donors (Lipinski definition) is 0. The fourth-order valence-corrected chi connectivity index (χ4v) is 4.28. The van der Waals surface area contributed by atoms with E-state index in [2.05, 4.69) is 33.1 Å². The van der Waals surface area contributed by atoms with Gasteiger partial charge >= 0.3 is 0 Å². The van der Waals surface area contributed by atoms with Crippen LogP contribution < -0.4 is 9.80 Å². The fourth-order valence-electron chi connectivity index (χ4n) is 3.93. The molecule has 0 N–H and O–H groups in total. The number of aromatic nitrogens is 2. The summed E-state index contributed by atoms with van der Waals surface area (Å²) in [5.41, 5.74) is 2.41. The Morgan fingerprint density at radius 1 is 1.19 bits per heavy atom. The monoisotopic (exact) mass is 368 g/mol. The van der Waals surface area contributed by atoms with Crippen LogP contribution in [0.5, 0.6) is 0 Å². The smallest absolute Gasteiger partial charge is 0.227 e. The summed E-state index contributed by atoms with van der Waals surface area (Å²) >= 11 is 1.57. The first kappa shape index (κ1) is 17.3. The predicted molar refractivity (Wildman–Crippen MR) is 106 cm³/mol. The summed E-state index contributed by atoms with van der Waals surface area (Å²) in [4.78, 5) is 25.9. The van der Waals surface area contributed by atoms with E-state index in [-0.39, 0.29) is 5.91 Å². The molecule has 5 nitrogen and oxygen atoms in total. The number of anilines is 2. The Hall–Kier alpha value is -2.08. The summed E-state index contributed by atoms with van der Waals surface area (Å²) < 4.78 is 0. The van der Waals surface area contributed by atoms with Gasteiger partial charge in [-0.15, -0.1) is 0 Å². The van der Waals surface area contributed by atoms with Crippen LogP contribution in [0.1, 0.15) is 24.8 Å². The van der Waals surface area contributed by atoms with Crippen LogP contribution in [0, 0.1) is 5.92 Å². The number of amides is 1. The van der Waals surface area contributed by atoms with Crippen LogP contribution in [0.3, 0.4) is 0 Å². The summed E-state index contributed by atoms with van der Waals surface area (Å²) in [5.74, 6) is 1.75. The number of para-hydroxylation sites is 1. The number of fused-ring (bicyclic) bond motifs is 1.